The summed E-state index contributed by atoms with van der Waals surface area (Å²) in [5.41, 5.74) is 1.37. The molecule has 0 spiro atoms. The minimum atomic E-state index is -0.785. The summed E-state index contributed by atoms with van der Waals surface area (Å²) in [6.07, 6.45) is 2.92. The molecule has 148 valence electrons. The number of rotatable bonds is 8. The second kappa shape index (κ2) is 9.92. The first-order valence-corrected chi connectivity index (χ1v) is 9.10. The summed E-state index contributed by atoms with van der Waals surface area (Å²) in [7, 11) is 0. The highest BCUT2D eigenvalue weighted by molar-refractivity contribution is 5.95. The molecule has 1 aliphatic rings. The van der Waals surface area contributed by atoms with Gasteiger partial charge in [0.05, 0.1) is 17.7 Å². The van der Waals surface area contributed by atoms with Crippen molar-refractivity contribution in [2.24, 2.45) is 11.8 Å². The van der Waals surface area contributed by atoms with E-state index >= 15 is 0 Å². The maximum absolute atomic E-state index is 12.7. The molecule has 0 aliphatic carbocycles. The number of likely N-dealkylation sites (tertiary alicyclic amines) is 1. The van der Waals surface area contributed by atoms with Crippen molar-refractivity contribution >= 4 is 24.3 Å². The third-order valence-corrected chi connectivity index (χ3v) is 4.90. The summed E-state index contributed by atoms with van der Waals surface area (Å²) >= 11 is 0. The first-order valence-electron chi connectivity index (χ1n) is 9.10. The number of hydrogen-bond acceptors (Lipinski definition) is 4. The molecule has 7 nitrogen and oxygen atoms in total. The van der Waals surface area contributed by atoms with Crippen LogP contribution < -0.4 is 5.32 Å². The molecule has 1 saturated heterocycles. The third-order valence-electron chi connectivity index (χ3n) is 4.90. The number of carboxylic acids is 1. The number of carbonyl (C=O) groups is 2. The molecule has 0 bridgehead atoms. The van der Waals surface area contributed by atoms with E-state index in [4.69, 9.17) is 5.11 Å². The average molecular weight is 387 g/mol. The van der Waals surface area contributed by atoms with Crippen LogP contribution in [0, 0.1) is 18.8 Å². The number of nitrogens with zero attached hydrogens (tertiary/aromatic N) is 3. The largest absolute Gasteiger partial charge is 0.481 e. The molecule has 2 N–H and O–H groups in total. The second-order valence-electron chi connectivity index (χ2n) is 7.28. The van der Waals surface area contributed by atoms with Crippen molar-refractivity contribution in [3.8, 4) is 0 Å². The smallest absolute Gasteiger partial charge is 0.304 e. The number of aromatic nitrogens is 2. The normalized spacial score (nSPS) is 20.2. The van der Waals surface area contributed by atoms with Crippen molar-refractivity contribution in [2.45, 2.75) is 53.1 Å². The number of amides is 1. The molecule has 1 aromatic rings. The molecule has 1 fully saturated rings. The summed E-state index contributed by atoms with van der Waals surface area (Å²) in [5, 5.41) is 16.4. The average Bonchev–Trinajstić information content (AvgIpc) is 3.09. The van der Waals surface area contributed by atoms with Gasteiger partial charge in [0.25, 0.3) is 5.91 Å². The number of carbonyl (C=O) groups excluding carboxylic acids is 1. The van der Waals surface area contributed by atoms with Gasteiger partial charge < -0.3 is 15.3 Å². The topological polar surface area (TPSA) is 87.5 Å². The predicted molar refractivity (Wildman–Crippen MR) is 103 cm³/mol. The molecule has 26 heavy (non-hydrogen) atoms. The van der Waals surface area contributed by atoms with E-state index < -0.39 is 5.97 Å². The molecule has 8 heteroatoms. The van der Waals surface area contributed by atoms with Gasteiger partial charge >= 0.3 is 5.97 Å². The lowest BCUT2D eigenvalue weighted by atomic mass is 9.91. The first kappa shape index (κ1) is 22.4. The highest BCUT2D eigenvalue weighted by atomic mass is 35.5. The highest BCUT2D eigenvalue weighted by Crippen LogP contribution is 2.25. The van der Waals surface area contributed by atoms with Crippen LogP contribution in [-0.4, -0.2) is 57.3 Å². The lowest BCUT2D eigenvalue weighted by Crippen LogP contribution is -2.42. The fraction of sp³-hybridized carbons (Fsp3) is 0.722. The van der Waals surface area contributed by atoms with Crippen LogP contribution in [0.25, 0.3) is 0 Å². The summed E-state index contributed by atoms with van der Waals surface area (Å²) in [6, 6.07) is 0.0372. The predicted octanol–water partition coefficient (Wildman–Crippen LogP) is 2.18. The Hall–Kier alpha value is -1.60. The van der Waals surface area contributed by atoms with Crippen molar-refractivity contribution in [1.82, 2.24) is 20.0 Å². The molecule has 2 atom stereocenters. The molecular weight excluding hydrogens is 356 g/mol. The number of aryl methyl sites for hydroxylation is 2. The number of hydrogen-bond donors (Lipinski definition) is 2. The first-order chi connectivity index (χ1) is 11.8. The van der Waals surface area contributed by atoms with Gasteiger partial charge in [0, 0.05) is 38.4 Å². The van der Waals surface area contributed by atoms with Gasteiger partial charge in [0.1, 0.15) is 0 Å². The molecule has 1 aliphatic heterocycles. The molecule has 0 saturated carbocycles. The van der Waals surface area contributed by atoms with E-state index in [1.165, 1.54) is 0 Å². The SMILES string of the molecule is CCCn1cc(C(=O)N[C@H]2CN(CCC(=O)O)C[C@@H]2C(C)C)c(C)n1.Cl. The van der Waals surface area contributed by atoms with Crippen LogP contribution in [0.1, 0.15) is 49.7 Å². The van der Waals surface area contributed by atoms with Gasteiger partial charge in [-0.15, -0.1) is 12.4 Å². The van der Waals surface area contributed by atoms with Gasteiger partial charge in [-0.1, -0.05) is 20.8 Å². The molecule has 0 aromatic carbocycles. The van der Waals surface area contributed by atoms with Crippen molar-refractivity contribution < 1.29 is 14.7 Å². The molecule has 2 rings (SSSR count). The van der Waals surface area contributed by atoms with E-state index in [2.05, 4.69) is 36.1 Å². The van der Waals surface area contributed by atoms with E-state index in [1.54, 1.807) is 0 Å². The van der Waals surface area contributed by atoms with Crippen LogP contribution >= 0.6 is 12.4 Å². The molecule has 0 radical (unpaired) electrons. The van der Waals surface area contributed by atoms with Crippen molar-refractivity contribution in [1.29, 1.82) is 0 Å². The van der Waals surface area contributed by atoms with Gasteiger partial charge in [0.15, 0.2) is 0 Å². The van der Waals surface area contributed by atoms with Crippen LogP contribution in [0.4, 0.5) is 0 Å². The molecule has 2 heterocycles. The van der Waals surface area contributed by atoms with Crippen molar-refractivity contribution in [2.75, 3.05) is 19.6 Å². The van der Waals surface area contributed by atoms with E-state index in [0.29, 0.717) is 30.5 Å². The minimum absolute atomic E-state index is 0. The lowest BCUT2D eigenvalue weighted by molar-refractivity contribution is -0.137. The Balaban J connectivity index is 0.00000338. The number of nitrogens with one attached hydrogen (secondary N) is 1. The Morgan fingerprint density at radius 2 is 2.04 bits per heavy atom. The van der Waals surface area contributed by atoms with E-state index in [9.17, 15) is 9.59 Å². The van der Waals surface area contributed by atoms with Crippen LogP contribution in [0.5, 0.6) is 0 Å². The number of aliphatic carboxylic acids is 1. The van der Waals surface area contributed by atoms with Crippen molar-refractivity contribution in [3.63, 3.8) is 0 Å². The maximum atomic E-state index is 12.7. The Kier molecular flexibility index (Phi) is 8.56. The zero-order chi connectivity index (χ0) is 18.6. The molecular formula is C18H31ClN4O3. The summed E-state index contributed by atoms with van der Waals surface area (Å²) in [6.45, 7) is 11.1. The Morgan fingerprint density at radius 1 is 1.35 bits per heavy atom. The lowest BCUT2D eigenvalue weighted by Gasteiger charge is -2.22. The third kappa shape index (κ3) is 5.71. The van der Waals surface area contributed by atoms with Crippen molar-refractivity contribution in [3.05, 3.63) is 17.5 Å². The zero-order valence-corrected chi connectivity index (χ0v) is 16.9. The van der Waals surface area contributed by atoms with Gasteiger partial charge in [-0.25, -0.2) is 0 Å². The zero-order valence-electron chi connectivity index (χ0n) is 16.1. The van der Waals surface area contributed by atoms with E-state index in [0.717, 1.165) is 25.2 Å². The van der Waals surface area contributed by atoms with Crippen LogP contribution in [0.15, 0.2) is 6.20 Å². The second-order valence-corrected chi connectivity index (χ2v) is 7.28. The van der Waals surface area contributed by atoms with E-state index in [1.807, 2.05) is 17.8 Å². The van der Waals surface area contributed by atoms with Crippen LogP contribution in [0.3, 0.4) is 0 Å². The number of carboxylic acid groups (broad SMARTS) is 1. The monoisotopic (exact) mass is 386 g/mol. The molecule has 1 amide bonds. The summed E-state index contributed by atoms with van der Waals surface area (Å²) in [4.78, 5) is 25.6. The molecule has 1 aromatic heterocycles. The van der Waals surface area contributed by atoms with Crippen LogP contribution in [0.2, 0.25) is 0 Å². The Labute approximate surface area is 161 Å². The van der Waals surface area contributed by atoms with Gasteiger partial charge in [-0.2, -0.15) is 5.10 Å². The fourth-order valence-electron chi connectivity index (χ4n) is 3.51. The van der Waals surface area contributed by atoms with Gasteiger partial charge in [0.2, 0.25) is 0 Å². The maximum Gasteiger partial charge on any atom is 0.304 e. The van der Waals surface area contributed by atoms with Gasteiger partial charge in [-0.3, -0.25) is 14.3 Å². The summed E-state index contributed by atoms with van der Waals surface area (Å²) < 4.78 is 1.82. The van der Waals surface area contributed by atoms with Crippen LogP contribution in [-0.2, 0) is 11.3 Å². The minimum Gasteiger partial charge on any atom is -0.481 e. The quantitative estimate of drug-likeness (QED) is 0.715. The highest BCUT2D eigenvalue weighted by Gasteiger charge is 2.36. The number of halogens is 1. The fourth-order valence-corrected chi connectivity index (χ4v) is 3.51. The Bertz CT molecular complexity index is 618. The summed E-state index contributed by atoms with van der Waals surface area (Å²) in [5.74, 6) is -0.129. The van der Waals surface area contributed by atoms with E-state index in [-0.39, 0.29) is 30.8 Å². The standard InChI is InChI=1S/C18H30N4O3.ClH/c1-5-7-22-10-15(13(4)20-22)18(25)19-16-11-21(8-6-17(23)24)9-14(16)12(2)3;/h10,12,14,16H,5-9,11H2,1-4H3,(H,19,25)(H,23,24);1H/t14-,16+;/m1./s1. The van der Waals surface area contributed by atoms with Gasteiger partial charge in [-0.05, 0) is 25.2 Å². The Morgan fingerprint density at radius 3 is 2.62 bits per heavy atom. The molecule has 0 unspecified atom stereocenters.